The van der Waals surface area contributed by atoms with Crippen molar-refractivity contribution >= 4 is 5.91 Å². The fourth-order valence-corrected chi connectivity index (χ4v) is 3.08. The first-order chi connectivity index (χ1) is 14.7. The van der Waals surface area contributed by atoms with E-state index in [9.17, 15) is 9.18 Å². The lowest BCUT2D eigenvalue weighted by Gasteiger charge is -2.08. The van der Waals surface area contributed by atoms with Crippen LogP contribution in [0.5, 0.6) is 0 Å². The number of hydrogen-bond acceptors (Lipinski definition) is 4. The molecule has 0 unspecified atom stereocenters. The Bertz CT molecular complexity index is 1260. The number of carbonyl (C=O) groups excluding carboxylic acids is 1. The third kappa shape index (κ3) is 3.96. The fourth-order valence-electron chi connectivity index (χ4n) is 3.08. The third-order valence-electron chi connectivity index (χ3n) is 4.56. The van der Waals surface area contributed by atoms with Crippen molar-refractivity contribution in [1.82, 2.24) is 10.3 Å². The van der Waals surface area contributed by atoms with Gasteiger partial charge in [0.05, 0.1) is 29.0 Å². The van der Waals surface area contributed by atoms with E-state index in [1.165, 1.54) is 12.3 Å². The second-order valence-corrected chi connectivity index (χ2v) is 6.55. The molecular formula is C24H16FN3O2. The summed E-state index contributed by atoms with van der Waals surface area (Å²) >= 11 is 0. The third-order valence-corrected chi connectivity index (χ3v) is 4.56. The summed E-state index contributed by atoms with van der Waals surface area (Å²) in [5.41, 5.74) is 2.54. The Morgan fingerprint density at radius 3 is 2.60 bits per heavy atom. The predicted molar refractivity (Wildman–Crippen MR) is 110 cm³/mol. The quantitative estimate of drug-likeness (QED) is 0.517. The molecule has 0 saturated heterocycles. The van der Waals surface area contributed by atoms with E-state index < -0.39 is 5.82 Å². The van der Waals surface area contributed by atoms with Crippen molar-refractivity contribution < 1.29 is 13.6 Å². The van der Waals surface area contributed by atoms with Crippen molar-refractivity contribution in [2.75, 3.05) is 0 Å². The largest absolute Gasteiger partial charge is 0.436 e. The summed E-state index contributed by atoms with van der Waals surface area (Å²) in [6.45, 7) is 0.273. The average Bonchev–Trinajstić information content (AvgIpc) is 3.28. The SMILES string of the molecule is N#Cc1cccc(CNC(=O)c2ccccc2-c2ncc(-c3ccccc3F)o2)c1. The maximum atomic E-state index is 14.0. The van der Waals surface area contributed by atoms with E-state index in [4.69, 9.17) is 9.68 Å². The molecule has 6 heteroatoms. The highest BCUT2D eigenvalue weighted by Gasteiger charge is 2.17. The highest BCUT2D eigenvalue weighted by Crippen LogP contribution is 2.29. The Balaban J connectivity index is 1.58. The number of benzene rings is 3. The molecule has 1 N–H and O–H groups in total. The van der Waals surface area contributed by atoms with Gasteiger partial charge in [-0.1, -0.05) is 36.4 Å². The molecule has 5 nitrogen and oxygen atoms in total. The molecule has 4 aromatic rings. The summed E-state index contributed by atoms with van der Waals surface area (Å²) in [5.74, 6) is -0.207. The van der Waals surface area contributed by atoms with Crippen molar-refractivity contribution in [3.8, 4) is 28.8 Å². The molecule has 0 saturated carbocycles. The molecule has 4 rings (SSSR count). The van der Waals surface area contributed by atoms with E-state index in [2.05, 4.69) is 16.4 Å². The zero-order valence-corrected chi connectivity index (χ0v) is 15.8. The predicted octanol–water partition coefficient (Wildman–Crippen LogP) is 4.95. The van der Waals surface area contributed by atoms with E-state index in [1.807, 2.05) is 6.07 Å². The van der Waals surface area contributed by atoms with Gasteiger partial charge in [-0.15, -0.1) is 0 Å². The van der Waals surface area contributed by atoms with Crippen LogP contribution in [0.15, 0.2) is 83.4 Å². The van der Waals surface area contributed by atoms with Crippen molar-refractivity contribution in [3.63, 3.8) is 0 Å². The van der Waals surface area contributed by atoms with Crippen molar-refractivity contribution in [3.05, 3.63) is 102 Å². The second-order valence-electron chi connectivity index (χ2n) is 6.55. The number of nitrogens with one attached hydrogen (secondary N) is 1. The number of amides is 1. The molecule has 146 valence electrons. The first-order valence-electron chi connectivity index (χ1n) is 9.23. The highest BCUT2D eigenvalue weighted by atomic mass is 19.1. The minimum atomic E-state index is -0.411. The molecular weight excluding hydrogens is 381 g/mol. The second kappa shape index (κ2) is 8.41. The highest BCUT2D eigenvalue weighted by molar-refractivity contribution is 6.00. The van der Waals surface area contributed by atoms with Crippen LogP contribution in [0.1, 0.15) is 21.5 Å². The standard InChI is InChI=1S/C24H16FN3O2/c25-21-11-4-3-10-20(21)22-15-28-24(30-22)19-9-2-1-8-18(19)23(29)27-14-17-7-5-6-16(12-17)13-26/h1-12,15H,14H2,(H,27,29). The minimum Gasteiger partial charge on any atom is -0.436 e. The van der Waals surface area contributed by atoms with Gasteiger partial charge in [0.2, 0.25) is 5.89 Å². The number of aromatic nitrogens is 1. The molecule has 0 aliphatic carbocycles. The van der Waals surface area contributed by atoms with Crippen molar-refractivity contribution in [2.45, 2.75) is 6.54 Å². The van der Waals surface area contributed by atoms with Crippen molar-refractivity contribution in [2.24, 2.45) is 0 Å². The minimum absolute atomic E-state index is 0.227. The molecule has 1 heterocycles. The molecule has 0 aliphatic rings. The lowest BCUT2D eigenvalue weighted by Crippen LogP contribution is -2.23. The Morgan fingerprint density at radius 1 is 1.03 bits per heavy atom. The summed E-state index contributed by atoms with van der Waals surface area (Å²) in [7, 11) is 0. The molecule has 0 spiro atoms. The summed E-state index contributed by atoms with van der Waals surface area (Å²) in [4.78, 5) is 17.0. The molecule has 0 bridgehead atoms. The van der Waals surface area contributed by atoms with Gasteiger partial charge in [0.25, 0.3) is 5.91 Å². The summed E-state index contributed by atoms with van der Waals surface area (Å²) in [6, 6.07) is 22.3. The van der Waals surface area contributed by atoms with Crippen LogP contribution < -0.4 is 5.32 Å². The van der Waals surface area contributed by atoms with Gasteiger partial charge in [-0.3, -0.25) is 4.79 Å². The van der Waals surface area contributed by atoms with Crippen LogP contribution in [0, 0.1) is 17.1 Å². The first-order valence-corrected chi connectivity index (χ1v) is 9.23. The first kappa shape index (κ1) is 19.1. The number of oxazole rings is 1. The lowest BCUT2D eigenvalue weighted by molar-refractivity contribution is 0.0951. The van der Waals surface area contributed by atoms with Gasteiger partial charge in [0.15, 0.2) is 5.76 Å². The smallest absolute Gasteiger partial charge is 0.252 e. The molecule has 30 heavy (non-hydrogen) atoms. The van der Waals surface area contributed by atoms with Crippen molar-refractivity contribution in [1.29, 1.82) is 5.26 Å². The monoisotopic (exact) mass is 397 g/mol. The van der Waals surface area contributed by atoms with Crippen LogP contribution in [0.2, 0.25) is 0 Å². The Kier molecular flexibility index (Phi) is 5.35. The average molecular weight is 397 g/mol. The summed E-state index contributed by atoms with van der Waals surface area (Å²) < 4.78 is 19.8. The topological polar surface area (TPSA) is 78.9 Å². The molecule has 1 aromatic heterocycles. The Labute approximate surface area is 172 Å². The van der Waals surface area contributed by atoms with Crippen LogP contribution in [-0.4, -0.2) is 10.9 Å². The van der Waals surface area contributed by atoms with Gasteiger partial charge < -0.3 is 9.73 Å². The van der Waals surface area contributed by atoms with E-state index in [-0.39, 0.29) is 24.1 Å². The van der Waals surface area contributed by atoms with Crippen LogP contribution in [0.25, 0.3) is 22.8 Å². The zero-order valence-electron chi connectivity index (χ0n) is 15.8. The molecule has 0 fully saturated rings. The fraction of sp³-hybridized carbons (Fsp3) is 0.0417. The normalized spacial score (nSPS) is 10.4. The molecule has 0 radical (unpaired) electrons. The van der Waals surface area contributed by atoms with Gasteiger partial charge in [-0.25, -0.2) is 9.37 Å². The van der Waals surface area contributed by atoms with Crippen LogP contribution in [0.4, 0.5) is 4.39 Å². The number of rotatable bonds is 5. The number of nitrogens with zero attached hydrogens (tertiary/aromatic N) is 2. The maximum absolute atomic E-state index is 14.0. The van der Waals surface area contributed by atoms with Gasteiger partial charge in [0, 0.05) is 12.1 Å². The van der Waals surface area contributed by atoms with E-state index in [0.717, 1.165) is 5.56 Å². The lowest BCUT2D eigenvalue weighted by atomic mass is 10.1. The number of hydrogen-bond donors (Lipinski definition) is 1. The maximum Gasteiger partial charge on any atom is 0.252 e. The van der Waals surface area contributed by atoms with E-state index in [0.29, 0.717) is 22.3 Å². The van der Waals surface area contributed by atoms with Gasteiger partial charge >= 0.3 is 0 Å². The summed E-state index contributed by atoms with van der Waals surface area (Å²) in [5, 5.41) is 11.8. The number of carbonyl (C=O) groups is 1. The molecule has 0 aliphatic heterocycles. The molecule has 0 atom stereocenters. The van der Waals surface area contributed by atoms with Gasteiger partial charge in [-0.2, -0.15) is 5.26 Å². The van der Waals surface area contributed by atoms with E-state index in [1.54, 1.807) is 60.7 Å². The Morgan fingerprint density at radius 2 is 1.80 bits per heavy atom. The van der Waals surface area contributed by atoms with Gasteiger partial charge in [-0.05, 0) is 42.0 Å². The molecule has 1 amide bonds. The summed E-state index contributed by atoms with van der Waals surface area (Å²) in [6.07, 6.45) is 1.44. The zero-order chi connectivity index (χ0) is 20.9. The van der Waals surface area contributed by atoms with Gasteiger partial charge in [0.1, 0.15) is 5.82 Å². The number of nitriles is 1. The number of halogens is 1. The molecule has 3 aromatic carbocycles. The van der Waals surface area contributed by atoms with Crippen LogP contribution in [-0.2, 0) is 6.54 Å². The Hall–Kier alpha value is -4.24. The van der Waals surface area contributed by atoms with Crippen LogP contribution in [0.3, 0.4) is 0 Å². The van der Waals surface area contributed by atoms with E-state index >= 15 is 0 Å². The van der Waals surface area contributed by atoms with Crippen LogP contribution >= 0.6 is 0 Å².